The number of nitrogens with zero attached hydrogens (tertiary/aromatic N) is 1. The van der Waals surface area contributed by atoms with Gasteiger partial charge in [-0.2, -0.15) is 4.31 Å². The number of sulfonamides is 1. The Bertz CT molecular complexity index is 1140. The lowest BCUT2D eigenvalue weighted by Crippen LogP contribution is -2.23. The molecule has 3 aromatic carbocycles. The van der Waals surface area contributed by atoms with E-state index in [-0.39, 0.29) is 4.90 Å². The summed E-state index contributed by atoms with van der Waals surface area (Å²) in [6.07, 6.45) is 0. The Morgan fingerprint density at radius 2 is 1.50 bits per heavy atom. The molecule has 1 fully saturated rings. The third kappa shape index (κ3) is 3.81. The standard InChI is InChI=1S/C23H21NO5S/c1-16-8-14-20(15-9-16)30(26,27)24-21(17-10-12-18(28-2)13-11-17)22(24)23(25)29-19-6-4-3-5-7-19/h3-15,21-22H,1-2H3/t21-,22+,24?/m1/s1. The van der Waals surface area contributed by atoms with Gasteiger partial charge in [0.15, 0.2) is 0 Å². The molecule has 1 aliphatic rings. The Hall–Kier alpha value is -3.16. The zero-order valence-corrected chi connectivity index (χ0v) is 17.4. The first-order valence-corrected chi connectivity index (χ1v) is 10.9. The maximum absolute atomic E-state index is 13.3. The largest absolute Gasteiger partial charge is 0.497 e. The third-order valence-corrected chi connectivity index (χ3v) is 6.89. The number of aryl methyl sites for hydroxylation is 1. The molecule has 1 saturated heterocycles. The SMILES string of the molecule is COc1ccc([C@@H]2[C@@H](C(=O)Oc3ccccc3)N2S(=O)(=O)c2ccc(C)cc2)cc1. The van der Waals surface area contributed by atoms with Crippen LogP contribution in [0.1, 0.15) is 17.2 Å². The summed E-state index contributed by atoms with van der Waals surface area (Å²) in [5.41, 5.74) is 1.65. The fourth-order valence-electron chi connectivity index (χ4n) is 3.37. The minimum Gasteiger partial charge on any atom is -0.497 e. The number of hydrogen-bond donors (Lipinski definition) is 0. The van der Waals surface area contributed by atoms with E-state index >= 15 is 0 Å². The van der Waals surface area contributed by atoms with Crippen LogP contribution < -0.4 is 9.47 Å². The van der Waals surface area contributed by atoms with E-state index in [2.05, 4.69) is 0 Å². The third-order valence-electron chi connectivity index (χ3n) is 5.01. The molecule has 4 rings (SSSR count). The maximum Gasteiger partial charge on any atom is 0.331 e. The van der Waals surface area contributed by atoms with Crippen LogP contribution in [0.3, 0.4) is 0 Å². The first-order valence-electron chi connectivity index (χ1n) is 9.43. The van der Waals surface area contributed by atoms with E-state index in [0.717, 1.165) is 5.56 Å². The molecule has 0 N–H and O–H groups in total. The molecule has 0 amide bonds. The number of para-hydroxylation sites is 1. The molecule has 0 aromatic heterocycles. The van der Waals surface area contributed by atoms with Crippen LogP contribution in [0.5, 0.6) is 11.5 Å². The molecule has 1 aliphatic heterocycles. The van der Waals surface area contributed by atoms with Crippen LogP contribution >= 0.6 is 0 Å². The average Bonchev–Trinajstić information content (AvgIpc) is 3.52. The fourth-order valence-corrected chi connectivity index (χ4v) is 5.08. The number of hydrogen-bond acceptors (Lipinski definition) is 5. The lowest BCUT2D eigenvalue weighted by Gasteiger charge is -2.08. The Morgan fingerprint density at radius 3 is 2.10 bits per heavy atom. The summed E-state index contributed by atoms with van der Waals surface area (Å²) >= 11 is 0. The Balaban J connectivity index is 1.67. The van der Waals surface area contributed by atoms with E-state index in [0.29, 0.717) is 17.1 Å². The van der Waals surface area contributed by atoms with Gasteiger partial charge in [0.05, 0.1) is 18.0 Å². The zero-order valence-electron chi connectivity index (χ0n) is 16.6. The lowest BCUT2D eigenvalue weighted by atomic mass is 10.1. The smallest absolute Gasteiger partial charge is 0.331 e. The van der Waals surface area contributed by atoms with Gasteiger partial charge in [0, 0.05) is 0 Å². The van der Waals surface area contributed by atoms with Crippen LogP contribution in [0.4, 0.5) is 0 Å². The van der Waals surface area contributed by atoms with Crippen molar-refractivity contribution < 1.29 is 22.7 Å². The van der Waals surface area contributed by atoms with Crippen molar-refractivity contribution in [3.05, 3.63) is 90.0 Å². The van der Waals surface area contributed by atoms with Crippen molar-refractivity contribution in [1.82, 2.24) is 4.31 Å². The molecule has 0 radical (unpaired) electrons. The van der Waals surface area contributed by atoms with Crippen molar-refractivity contribution >= 4 is 16.0 Å². The van der Waals surface area contributed by atoms with E-state index in [1.54, 1.807) is 79.9 Å². The summed E-state index contributed by atoms with van der Waals surface area (Å²) in [7, 11) is -2.32. The molecule has 0 aliphatic carbocycles. The number of methoxy groups -OCH3 is 1. The van der Waals surface area contributed by atoms with Crippen molar-refractivity contribution in [3.8, 4) is 11.5 Å². The second kappa shape index (κ2) is 7.93. The van der Waals surface area contributed by atoms with Crippen molar-refractivity contribution in [2.75, 3.05) is 7.11 Å². The summed E-state index contributed by atoms with van der Waals surface area (Å²) in [5.74, 6) is 0.407. The maximum atomic E-state index is 13.3. The molecule has 3 atom stereocenters. The highest BCUT2D eigenvalue weighted by molar-refractivity contribution is 7.89. The van der Waals surface area contributed by atoms with Gasteiger partial charge in [-0.15, -0.1) is 0 Å². The highest BCUT2D eigenvalue weighted by Gasteiger charge is 2.61. The van der Waals surface area contributed by atoms with Crippen LogP contribution in [0, 0.1) is 6.92 Å². The van der Waals surface area contributed by atoms with Crippen molar-refractivity contribution in [2.45, 2.75) is 23.9 Å². The molecule has 6 nitrogen and oxygen atoms in total. The second-order valence-corrected chi connectivity index (χ2v) is 8.89. The topological polar surface area (TPSA) is 72.7 Å². The monoisotopic (exact) mass is 423 g/mol. The molecular formula is C23H21NO5S. The highest BCUT2D eigenvalue weighted by atomic mass is 32.2. The summed E-state index contributed by atoms with van der Waals surface area (Å²) in [5, 5.41) is 0. The number of carbonyl (C=O) groups excluding carboxylic acids is 1. The predicted molar refractivity (Wildman–Crippen MR) is 112 cm³/mol. The Kier molecular flexibility index (Phi) is 5.32. The number of carbonyl (C=O) groups is 1. The van der Waals surface area contributed by atoms with Crippen LogP contribution in [0.25, 0.3) is 0 Å². The first kappa shape index (κ1) is 20.1. The van der Waals surface area contributed by atoms with E-state index in [4.69, 9.17) is 9.47 Å². The first-order chi connectivity index (χ1) is 14.4. The van der Waals surface area contributed by atoms with Gasteiger partial charge in [-0.05, 0) is 48.9 Å². The minimum atomic E-state index is -3.88. The van der Waals surface area contributed by atoms with E-state index in [1.165, 1.54) is 4.31 Å². The van der Waals surface area contributed by atoms with Crippen molar-refractivity contribution in [2.24, 2.45) is 0 Å². The molecule has 154 valence electrons. The van der Waals surface area contributed by atoms with Crippen LogP contribution in [-0.2, 0) is 14.8 Å². The second-order valence-electron chi connectivity index (χ2n) is 7.04. The number of esters is 1. The van der Waals surface area contributed by atoms with Gasteiger partial charge in [0.1, 0.15) is 17.5 Å². The minimum absolute atomic E-state index is 0.140. The Labute approximate surface area is 175 Å². The van der Waals surface area contributed by atoms with Gasteiger partial charge in [-0.25, -0.2) is 13.2 Å². The number of benzene rings is 3. The van der Waals surface area contributed by atoms with Crippen LogP contribution in [0.2, 0.25) is 0 Å². The molecule has 1 heterocycles. The van der Waals surface area contributed by atoms with Gasteiger partial charge in [0.2, 0.25) is 10.0 Å². The van der Waals surface area contributed by atoms with Crippen LogP contribution in [-0.4, -0.2) is 31.8 Å². The quantitative estimate of drug-likeness (QED) is 0.343. The molecule has 0 bridgehead atoms. The van der Waals surface area contributed by atoms with Crippen LogP contribution in [0.15, 0.2) is 83.8 Å². The summed E-state index contributed by atoms with van der Waals surface area (Å²) in [4.78, 5) is 13.0. The average molecular weight is 423 g/mol. The van der Waals surface area contributed by atoms with E-state index in [1.807, 2.05) is 13.0 Å². The molecule has 1 unspecified atom stereocenters. The molecular weight excluding hydrogens is 402 g/mol. The number of rotatable bonds is 6. The van der Waals surface area contributed by atoms with Crippen molar-refractivity contribution in [3.63, 3.8) is 0 Å². The van der Waals surface area contributed by atoms with Gasteiger partial charge in [-0.1, -0.05) is 48.0 Å². The summed E-state index contributed by atoms with van der Waals surface area (Å²) in [6, 6.07) is 20.6. The molecule has 3 aromatic rings. The van der Waals surface area contributed by atoms with E-state index in [9.17, 15) is 13.2 Å². The van der Waals surface area contributed by atoms with Gasteiger partial charge >= 0.3 is 5.97 Å². The molecule has 0 saturated carbocycles. The predicted octanol–water partition coefficient (Wildman–Crippen LogP) is 3.72. The molecule has 0 spiro atoms. The van der Waals surface area contributed by atoms with E-state index < -0.39 is 28.1 Å². The number of ether oxygens (including phenoxy) is 2. The Morgan fingerprint density at radius 1 is 0.867 bits per heavy atom. The molecule has 30 heavy (non-hydrogen) atoms. The fraction of sp³-hybridized carbons (Fsp3) is 0.174. The normalized spacial score (nSPS) is 20.4. The summed E-state index contributed by atoms with van der Waals surface area (Å²) < 4.78 is 38.4. The van der Waals surface area contributed by atoms with Crippen molar-refractivity contribution in [1.29, 1.82) is 0 Å². The van der Waals surface area contributed by atoms with Gasteiger partial charge in [-0.3, -0.25) is 0 Å². The van der Waals surface area contributed by atoms with Gasteiger partial charge < -0.3 is 9.47 Å². The highest BCUT2D eigenvalue weighted by Crippen LogP contribution is 2.48. The summed E-state index contributed by atoms with van der Waals surface area (Å²) in [6.45, 7) is 1.88. The van der Waals surface area contributed by atoms with Gasteiger partial charge in [0.25, 0.3) is 0 Å². The zero-order chi connectivity index (χ0) is 21.3. The molecule has 7 heteroatoms. The lowest BCUT2D eigenvalue weighted by molar-refractivity contribution is -0.134.